The van der Waals surface area contributed by atoms with Crippen molar-refractivity contribution in [2.45, 2.75) is 43.3 Å². The molecule has 1 heterocycles. The van der Waals surface area contributed by atoms with E-state index in [4.69, 9.17) is 5.73 Å². The van der Waals surface area contributed by atoms with E-state index < -0.39 is 0 Å². The second kappa shape index (κ2) is 5.09. The predicted molar refractivity (Wildman–Crippen MR) is 70.5 cm³/mol. The van der Waals surface area contributed by atoms with E-state index in [9.17, 15) is 0 Å². The van der Waals surface area contributed by atoms with Crippen LogP contribution in [0.1, 0.15) is 33.1 Å². The summed E-state index contributed by atoms with van der Waals surface area (Å²) in [5.74, 6) is 1.72. The van der Waals surface area contributed by atoms with Crippen LogP contribution in [0.2, 0.25) is 0 Å². The largest absolute Gasteiger partial charge is 0.397 e. The molecule has 1 aliphatic rings. The van der Waals surface area contributed by atoms with Crippen molar-refractivity contribution in [1.29, 1.82) is 0 Å². The fraction of sp³-hybridized carbons (Fsp3) is 0.615. The van der Waals surface area contributed by atoms with Crippen LogP contribution in [-0.2, 0) is 0 Å². The van der Waals surface area contributed by atoms with Crippen LogP contribution >= 0.6 is 11.8 Å². The van der Waals surface area contributed by atoms with E-state index in [0.717, 1.165) is 22.8 Å². The van der Waals surface area contributed by atoms with Gasteiger partial charge in [0.25, 0.3) is 0 Å². The highest BCUT2D eigenvalue weighted by Gasteiger charge is 2.25. The monoisotopic (exact) mass is 236 g/mol. The van der Waals surface area contributed by atoms with Crippen molar-refractivity contribution in [3.05, 3.63) is 18.5 Å². The van der Waals surface area contributed by atoms with Gasteiger partial charge < -0.3 is 5.73 Å². The number of hydrogen-bond acceptors (Lipinski definition) is 3. The van der Waals surface area contributed by atoms with E-state index >= 15 is 0 Å². The molecule has 1 fully saturated rings. The molecule has 3 heteroatoms. The molecule has 0 spiro atoms. The van der Waals surface area contributed by atoms with E-state index in [1.165, 1.54) is 24.2 Å². The number of nitrogen functional groups attached to an aromatic ring is 1. The Hall–Kier alpha value is -0.700. The standard InChI is InChI=1S/C13H20N2S/c1-9-3-4-11(7-10(9)2)16-13-5-6-15-8-12(13)14/h5-6,8-11H,3-4,7,14H2,1-2H3. The summed E-state index contributed by atoms with van der Waals surface area (Å²) >= 11 is 1.93. The van der Waals surface area contributed by atoms with Crippen molar-refractivity contribution in [3.8, 4) is 0 Å². The first-order valence-electron chi connectivity index (χ1n) is 6.03. The Balaban J connectivity index is 1.98. The molecule has 1 aromatic rings. The van der Waals surface area contributed by atoms with Gasteiger partial charge in [-0.3, -0.25) is 4.98 Å². The average molecular weight is 236 g/mol. The van der Waals surface area contributed by atoms with Crippen LogP contribution in [0.15, 0.2) is 23.4 Å². The highest BCUT2D eigenvalue weighted by molar-refractivity contribution is 8.00. The van der Waals surface area contributed by atoms with E-state index in [1.54, 1.807) is 6.20 Å². The molecule has 1 saturated carbocycles. The molecule has 0 radical (unpaired) electrons. The zero-order chi connectivity index (χ0) is 11.5. The Morgan fingerprint density at radius 1 is 1.31 bits per heavy atom. The summed E-state index contributed by atoms with van der Waals surface area (Å²) < 4.78 is 0. The minimum Gasteiger partial charge on any atom is -0.397 e. The van der Waals surface area contributed by atoms with E-state index in [0.29, 0.717) is 0 Å². The zero-order valence-corrected chi connectivity index (χ0v) is 10.8. The maximum absolute atomic E-state index is 5.92. The maximum atomic E-state index is 5.92. The molecular weight excluding hydrogens is 216 g/mol. The number of anilines is 1. The Labute approximate surface area is 102 Å². The van der Waals surface area contributed by atoms with Gasteiger partial charge in [0.1, 0.15) is 0 Å². The SMILES string of the molecule is CC1CCC(Sc2ccncc2N)CC1C. The minimum atomic E-state index is 0.732. The van der Waals surface area contributed by atoms with Crippen molar-refractivity contribution in [1.82, 2.24) is 4.98 Å². The topological polar surface area (TPSA) is 38.9 Å². The quantitative estimate of drug-likeness (QED) is 0.853. The molecule has 2 nitrogen and oxygen atoms in total. The number of pyridine rings is 1. The van der Waals surface area contributed by atoms with Gasteiger partial charge in [-0.15, -0.1) is 11.8 Å². The maximum Gasteiger partial charge on any atom is 0.0638 e. The first-order valence-corrected chi connectivity index (χ1v) is 6.91. The Kier molecular flexibility index (Phi) is 3.74. The van der Waals surface area contributed by atoms with Crippen LogP contribution in [0.4, 0.5) is 5.69 Å². The molecule has 3 atom stereocenters. The van der Waals surface area contributed by atoms with E-state index in [1.807, 2.05) is 24.0 Å². The molecule has 1 aromatic heterocycles. The van der Waals surface area contributed by atoms with Gasteiger partial charge >= 0.3 is 0 Å². The van der Waals surface area contributed by atoms with Gasteiger partial charge in [-0.1, -0.05) is 13.8 Å². The van der Waals surface area contributed by atoms with E-state index in [2.05, 4.69) is 18.8 Å². The molecule has 2 N–H and O–H groups in total. The summed E-state index contributed by atoms with van der Waals surface area (Å²) in [6.45, 7) is 4.74. The molecule has 0 aliphatic heterocycles. The highest BCUT2D eigenvalue weighted by atomic mass is 32.2. The normalized spacial score (nSPS) is 30.2. The number of rotatable bonds is 2. The second-order valence-electron chi connectivity index (χ2n) is 4.92. The third kappa shape index (κ3) is 2.70. The summed E-state index contributed by atoms with van der Waals surface area (Å²) in [5.41, 5.74) is 6.73. The van der Waals surface area contributed by atoms with Crippen molar-refractivity contribution in [2.75, 3.05) is 5.73 Å². The summed E-state index contributed by atoms with van der Waals surface area (Å²) in [5, 5.41) is 0.732. The van der Waals surface area contributed by atoms with Crippen LogP contribution < -0.4 is 5.73 Å². The first-order chi connectivity index (χ1) is 7.66. The lowest BCUT2D eigenvalue weighted by Gasteiger charge is -2.31. The van der Waals surface area contributed by atoms with Gasteiger partial charge in [-0.25, -0.2) is 0 Å². The van der Waals surface area contributed by atoms with Gasteiger partial charge in [0.15, 0.2) is 0 Å². The molecule has 2 rings (SSSR count). The molecule has 88 valence electrons. The van der Waals surface area contributed by atoms with Crippen molar-refractivity contribution < 1.29 is 0 Å². The van der Waals surface area contributed by atoms with Gasteiger partial charge in [0.2, 0.25) is 0 Å². The Morgan fingerprint density at radius 2 is 2.12 bits per heavy atom. The van der Waals surface area contributed by atoms with Crippen LogP contribution in [0.25, 0.3) is 0 Å². The second-order valence-corrected chi connectivity index (χ2v) is 6.26. The van der Waals surface area contributed by atoms with Gasteiger partial charge in [0, 0.05) is 16.3 Å². The smallest absolute Gasteiger partial charge is 0.0638 e. The number of aromatic nitrogens is 1. The first kappa shape index (κ1) is 11.8. The molecule has 0 amide bonds. The van der Waals surface area contributed by atoms with Crippen molar-refractivity contribution in [3.63, 3.8) is 0 Å². The van der Waals surface area contributed by atoms with Crippen LogP contribution in [0.3, 0.4) is 0 Å². The average Bonchev–Trinajstić information content (AvgIpc) is 2.27. The van der Waals surface area contributed by atoms with Crippen molar-refractivity contribution in [2.24, 2.45) is 11.8 Å². The van der Waals surface area contributed by atoms with Gasteiger partial charge in [0.05, 0.1) is 11.9 Å². The Bertz CT molecular complexity index is 354. The number of nitrogens with two attached hydrogens (primary N) is 1. The fourth-order valence-corrected chi connectivity index (χ4v) is 3.63. The molecule has 3 unspecified atom stereocenters. The lowest BCUT2D eigenvalue weighted by molar-refractivity contribution is 0.283. The molecule has 16 heavy (non-hydrogen) atoms. The summed E-state index contributed by atoms with van der Waals surface area (Å²) in [6, 6.07) is 2.03. The minimum absolute atomic E-state index is 0.732. The number of nitrogens with zero attached hydrogens (tertiary/aromatic N) is 1. The predicted octanol–water partition coefficient (Wildman–Crippen LogP) is 3.58. The van der Waals surface area contributed by atoms with Crippen molar-refractivity contribution >= 4 is 17.4 Å². The number of hydrogen-bond donors (Lipinski definition) is 1. The summed E-state index contributed by atoms with van der Waals surface area (Å²) in [6.07, 6.45) is 7.56. The molecule has 0 bridgehead atoms. The third-order valence-electron chi connectivity index (χ3n) is 3.65. The molecule has 0 saturated heterocycles. The van der Waals surface area contributed by atoms with E-state index in [-0.39, 0.29) is 0 Å². The van der Waals surface area contributed by atoms with Gasteiger partial charge in [-0.2, -0.15) is 0 Å². The summed E-state index contributed by atoms with van der Waals surface area (Å²) in [4.78, 5) is 5.22. The fourth-order valence-electron chi connectivity index (χ4n) is 2.29. The Morgan fingerprint density at radius 3 is 2.81 bits per heavy atom. The van der Waals surface area contributed by atoms with Crippen LogP contribution in [0.5, 0.6) is 0 Å². The molecule has 1 aliphatic carbocycles. The lowest BCUT2D eigenvalue weighted by atomic mass is 9.81. The van der Waals surface area contributed by atoms with Gasteiger partial charge in [-0.05, 0) is 37.2 Å². The van der Waals surface area contributed by atoms with Crippen LogP contribution in [0, 0.1) is 11.8 Å². The molecule has 0 aromatic carbocycles. The highest BCUT2D eigenvalue weighted by Crippen LogP contribution is 2.39. The summed E-state index contributed by atoms with van der Waals surface area (Å²) in [7, 11) is 0. The number of thioether (sulfide) groups is 1. The molecular formula is C13H20N2S. The zero-order valence-electron chi connectivity index (χ0n) is 10.0. The third-order valence-corrected chi connectivity index (χ3v) is 5.04. The lowest BCUT2D eigenvalue weighted by Crippen LogP contribution is -2.22. The van der Waals surface area contributed by atoms with Crippen LogP contribution in [-0.4, -0.2) is 10.2 Å².